The molecule has 0 aromatic heterocycles. The summed E-state index contributed by atoms with van der Waals surface area (Å²) < 4.78 is 0. The number of aryl methyl sites for hydroxylation is 1. The van der Waals surface area contributed by atoms with E-state index in [2.05, 4.69) is 43.3 Å². The second kappa shape index (κ2) is 6.78. The van der Waals surface area contributed by atoms with Crippen LogP contribution in [0.4, 0.5) is 0 Å². The van der Waals surface area contributed by atoms with Crippen LogP contribution in [0.3, 0.4) is 0 Å². The summed E-state index contributed by atoms with van der Waals surface area (Å²) in [7, 11) is 0. The molecule has 2 aliphatic carbocycles. The SMILES string of the molecule is CCc1ccc(C[NH+]2CC[NH+](C[C@@H]3C[C@@H]4C=C[C@H]3C4)CC2)cc1. The van der Waals surface area contributed by atoms with Gasteiger partial charge in [0.25, 0.3) is 0 Å². The molecule has 2 nitrogen and oxygen atoms in total. The molecule has 1 aliphatic heterocycles. The van der Waals surface area contributed by atoms with Crippen molar-refractivity contribution in [2.75, 3.05) is 32.7 Å². The van der Waals surface area contributed by atoms with E-state index in [9.17, 15) is 0 Å². The summed E-state index contributed by atoms with van der Waals surface area (Å²) in [6, 6.07) is 9.29. The Morgan fingerprint density at radius 2 is 1.57 bits per heavy atom. The van der Waals surface area contributed by atoms with Crippen LogP contribution in [0.25, 0.3) is 0 Å². The van der Waals surface area contributed by atoms with Gasteiger partial charge in [-0.15, -0.1) is 0 Å². The van der Waals surface area contributed by atoms with Gasteiger partial charge in [0.2, 0.25) is 0 Å². The highest BCUT2D eigenvalue weighted by molar-refractivity contribution is 5.21. The molecule has 1 aromatic carbocycles. The van der Waals surface area contributed by atoms with E-state index >= 15 is 0 Å². The summed E-state index contributed by atoms with van der Waals surface area (Å²) in [6.07, 6.45) is 9.07. The molecule has 1 heterocycles. The third kappa shape index (κ3) is 3.54. The summed E-state index contributed by atoms with van der Waals surface area (Å²) in [5.41, 5.74) is 2.97. The molecule has 1 saturated heterocycles. The van der Waals surface area contributed by atoms with Crippen LogP contribution in [0, 0.1) is 17.8 Å². The first-order valence-electron chi connectivity index (χ1n) is 9.73. The first kappa shape index (κ1) is 15.4. The second-order valence-electron chi connectivity index (χ2n) is 8.09. The molecule has 2 N–H and O–H groups in total. The summed E-state index contributed by atoms with van der Waals surface area (Å²) in [5, 5.41) is 0. The van der Waals surface area contributed by atoms with Gasteiger partial charge < -0.3 is 9.80 Å². The number of nitrogens with one attached hydrogen (secondary N) is 2. The van der Waals surface area contributed by atoms with Gasteiger partial charge in [-0.2, -0.15) is 0 Å². The monoisotopic (exact) mass is 312 g/mol. The lowest BCUT2D eigenvalue weighted by Crippen LogP contribution is -3.27. The van der Waals surface area contributed by atoms with Gasteiger partial charge in [0.15, 0.2) is 0 Å². The van der Waals surface area contributed by atoms with Crippen molar-refractivity contribution in [3.8, 4) is 0 Å². The zero-order valence-electron chi connectivity index (χ0n) is 14.6. The third-order valence-electron chi connectivity index (χ3n) is 6.52. The quantitative estimate of drug-likeness (QED) is 0.743. The van der Waals surface area contributed by atoms with Crippen molar-refractivity contribution in [2.45, 2.75) is 32.7 Å². The fourth-order valence-electron chi connectivity index (χ4n) is 5.02. The first-order chi connectivity index (χ1) is 11.3. The molecule has 124 valence electrons. The number of hydrogen-bond donors (Lipinski definition) is 2. The minimum absolute atomic E-state index is 0.926. The second-order valence-corrected chi connectivity index (χ2v) is 8.09. The van der Waals surface area contributed by atoms with Crippen molar-refractivity contribution >= 4 is 0 Å². The Morgan fingerprint density at radius 3 is 2.17 bits per heavy atom. The van der Waals surface area contributed by atoms with Crippen LogP contribution in [0.5, 0.6) is 0 Å². The molecule has 23 heavy (non-hydrogen) atoms. The Labute approximate surface area is 141 Å². The van der Waals surface area contributed by atoms with Crippen LogP contribution >= 0.6 is 0 Å². The molecule has 1 aromatic rings. The Balaban J connectivity index is 1.23. The Bertz CT molecular complexity index is 539. The van der Waals surface area contributed by atoms with E-state index in [1.54, 1.807) is 4.90 Å². The number of allylic oxidation sites excluding steroid dienone is 2. The number of benzene rings is 1. The normalized spacial score (nSPS) is 35.8. The minimum Gasteiger partial charge on any atom is -0.325 e. The molecule has 4 rings (SSSR count). The molecule has 2 heteroatoms. The number of hydrogen-bond acceptors (Lipinski definition) is 0. The predicted octanol–water partition coefficient (Wildman–Crippen LogP) is 0.745. The lowest BCUT2D eigenvalue weighted by Gasteiger charge is -2.32. The highest BCUT2D eigenvalue weighted by Gasteiger charge is 2.38. The molecule has 3 atom stereocenters. The first-order valence-corrected chi connectivity index (χ1v) is 9.73. The van der Waals surface area contributed by atoms with Crippen LogP contribution in [0.1, 0.15) is 30.9 Å². The van der Waals surface area contributed by atoms with E-state index in [0.29, 0.717) is 0 Å². The van der Waals surface area contributed by atoms with Gasteiger partial charge >= 0.3 is 0 Å². The van der Waals surface area contributed by atoms with Crippen LogP contribution in [0.15, 0.2) is 36.4 Å². The van der Waals surface area contributed by atoms with Crippen molar-refractivity contribution in [3.63, 3.8) is 0 Å². The number of rotatable bonds is 5. The van der Waals surface area contributed by atoms with E-state index in [-0.39, 0.29) is 0 Å². The third-order valence-corrected chi connectivity index (χ3v) is 6.52. The van der Waals surface area contributed by atoms with Gasteiger partial charge in [-0.1, -0.05) is 43.3 Å². The maximum Gasteiger partial charge on any atom is 0.127 e. The maximum absolute atomic E-state index is 2.51. The smallest absolute Gasteiger partial charge is 0.127 e. The lowest BCUT2D eigenvalue weighted by atomic mass is 9.93. The number of piperazine rings is 1. The van der Waals surface area contributed by atoms with Crippen LogP contribution in [-0.2, 0) is 13.0 Å². The van der Waals surface area contributed by atoms with Gasteiger partial charge in [-0.3, -0.25) is 0 Å². The van der Waals surface area contributed by atoms with Gasteiger partial charge in [-0.05, 0) is 36.7 Å². The van der Waals surface area contributed by atoms with Crippen LogP contribution in [0.2, 0.25) is 0 Å². The number of fused-ring (bicyclic) bond motifs is 2. The van der Waals surface area contributed by atoms with Crippen molar-refractivity contribution in [1.29, 1.82) is 0 Å². The highest BCUT2D eigenvalue weighted by atomic mass is 15.3. The molecule has 2 fully saturated rings. The topological polar surface area (TPSA) is 8.88 Å². The summed E-state index contributed by atoms with van der Waals surface area (Å²) >= 11 is 0. The molecule has 2 bridgehead atoms. The summed E-state index contributed by atoms with van der Waals surface area (Å²) in [4.78, 5) is 3.66. The average molecular weight is 313 g/mol. The van der Waals surface area contributed by atoms with E-state index in [1.807, 2.05) is 4.90 Å². The molecule has 0 unspecified atom stereocenters. The van der Waals surface area contributed by atoms with E-state index in [4.69, 9.17) is 0 Å². The minimum atomic E-state index is 0.926. The molecule has 0 spiro atoms. The standard InChI is InChI=1S/C21H30N2/c1-2-17-3-5-18(6-4-17)15-22-9-11-23(12-10-22)16-21-14-19-7-8-20(21)13-19/h3-8,19-21H,2,9-16H2,1H3/p+2/t19-,20+,21+/m1/s1. The van der Waals surface area contributed by atoms with E-state index in [1.165, 1.54) is 63.2 Å². The van der Waals surface area contributed by atoms with Crippen molar-refractivity contribution in [3.05, 3.63) is 47.5 Å². The molecule has 1 saturated carbocycles. The lowest BCUT2D eigenvalue weighted by molar-refractivity contribution is -1.02. The van der Waals surface area contributed by atoms with Crippen LogP contribution in [-0.4, -0.2) is 32.7 Å². The van der Waals surface area contributed by atoms with E-state index in [0.717, 1.165) is 24.2 Å². The summed E-state index contributed by atoms with van der Waals surface area (Å²) in [5.74, 6) is 2.85. The van der Waals surface area contributed by atoms with Gasteiger partial charge in [0.1, 0.15) is 32.7 Å². The predicted molar refractivity (Wildman–Crippen MR) is 94.6 cm³/mol. The van der Waals surface area contributed by atoms with Gasteiger partial charge in [-0.25, -0.2) is 0 Å². The van der Waals surface area contributed by atoms with Crippen molar-refractivity contribution in [2.24, 2.45) is 17.8 Å². The molecule has 0 amide bonds. The fraction of sp³-hybridized carbons (Fsp3) is 0.619. The zero-order valence-corrected chi connectivity index (χ0v) is 14.6. The van der Waals surface area contributed by atoms with Crippen LogP contribution < -0.4 is 9.80 Å². The Morgan fingerprint density at radius 1 is 0.870 bits per heavy atom. The van der Waals surface area contributed by atoms with Crippen molar-refractivity contribution in [1.82, 2.24) is 0 Å². The zero-order chi connectivity index (χ0) is 15.6. The highest BCUT2D eigenvalue weighted by Crippen LogP contribution is 2.42. The number of quaternary nitrogens is 2. The largest absolute Gasteiger partial charge is 0.325 e. The molecular formula is C21H32N2+2. The maximum atomic E-state index is 2.51. The molecule has 3 aliphatic rings. The summed E-state index contributed by atoms with van der Waals surface area (Å²) in [6.45, 7) is 10.3. The van der Waals surface area contributed by atoms with Crippen molar-refractivity contribution < 1.29 is 9.80 Å². The molecular weight excluding hydrogens is 280 g/mol. The molecule has 0 radical (unpaired) electrons. The van der Waals surface area contributed by atoms with E-state index < -0.39 is 0 Å². The van der Waals surface area contributed by atoms with Gasteiger partial charge in [0, 0.05) is 11.5 Å². The Kier molecular flexibility index (Phi) is 4.54. The Hall–Kier alpha value is -1.12. The fourth-order valence-corrected chi connectivity index (χ4v) is 5.02. The average Bonchev–Trinajstić information content (AvgIpc) is 3.20. The van der Waals surface area contributed by atoms with Gasteiger partial charge in [0.05, 0.1) is 6.54 Å².